The van der Waals surface area contributed by atoms with Crippen molar-refractivity contribution in [2.24, 2.45) is 0 Å². The maximum absolute atomic E-state index is 13.0. The number of alkyl halides is 3. The fraction of sp³-hybridized carbons (Fsp3) is 0.462. The number of hydrogen-bond donors (Lipinski definition) is 1. The molecule has 1 aliphatic heterocycles. The van der Waals surface area contributed by atoms with E-state index in [9.17, 15) is 18.0 Å². The van der Waals surface area contributed by atoms with E-state index in [2.05, 4.69) is 21.2 Å². The van der Waals surface area contributed by atoms with E-state index in [4.69, 9.17) is 0 Å². The number of thioether (sulfide) groups is 1. The van der Waals surface area contributed by atoms with Crippen LogP contribution in [0.15, 0.2) is 22.7 Å². The molecule has 0 bridgehead atoms. The van der Waals surface area contributed by atoms with Crippen molar-refractivity contribution < 1.29 is 18.0 Å². The van der Waals surface area contributed by atoms with E-state index in [1.165, 1.54) is 12.1 Å². The maximum atomic E-state index is 13.0. The summed E-state index contributed by atoms with van der Waals surface area (Å²) < 4.78 is 39.2. The Morgan fingerprint density at radius 3 is 2.75 bits per heavy atom. The van der Waals surface area contributed by atoms with Gasteiger partial charge < -0.3 is 5.32 Å². The zero-order chi connectivity index (χ0) is 14.8. The molecule has 2 rings (SSSR count). The van der Waals surface area contributed by atoms with Crippen LogP contribution in [0.2, 0.25) is 0 Å². The molecule has 0 radical (unpaired) electrons. The Morgan fingerprint density at radius 2 is 2.15 bits per heavy atom. The number of amides is 1. The number of benzene rings is 1. The molecule has 7 heteroatoms. The number of carbonyl (C=O) groups excluding carboxylic acids is 1. The normalized spacial score (nSPS) is 19.7. The second kappa shape index (κ2) is 6.39. The van der Waals surface area contributed by atoms with Gasteiger partial charge in [-0.15, -0.1) is 0 Å². The summed E-state index contributed by atoms with van der Waals surface area (Å²) in [6, 6.07) is 3.54. The van der Waals surface area contributed by atoms with Gasteiger partial charge in [-0.25, -0.2) is 0 Å². The number of rotatable bonds is 2. The zero-order valence-electron chi connectivity index (χ0n) is 10.5. The molecular weight excluding hydrogens is 355 g/mol. The Morgan fingerprint density at radius 1 is 1.40 bits per heavy atom. The van der Waals surface area contributed by atoms with Gasteiger partial charge in [0.1, 0.15) is 0 Å². The third-order valence-corrected chi connectivity index (χ3v) is 4.74. The molecule has 1 unspecified atom stereocenters. The SMILES string of the molecule is O=C(NC1CCCSC1)c1ccc(Br)cc1C(F)(F)F. The Bertz CT molecular complexity index is 501. The maximum Gasteiger partial charge on any atom is 0.417 e. The molecule has 1 fully saturated rings. The van der Waals surface area contributed by atoms with Gasteiger partial charge in [-0.05, 0) is 36.8 Å². The number of carbonyl (C=O) groups is 1. The first-order valence-corrected chi connectivity index (χ1v) is 8.08. The van der Waals surface area contributed by atoms with E-state index in [1.807, 2.05) is 0 Å². The average Bonchev–Trinajstić information content (AvgIpc) is 2.38. The van der Waals surface area contributed by atoms with E-state index in [1.54, 1.807) is 11.8 Å². The minimum absolute atomic E-state index is 0.0500. The molecule has 1 aromatic carbocycles. The molecule has 0 aliphatic carbocycles. The van der Waals surface area contributed by atoms with Gasteiger partial charge in [-0.1, -0.05) is 15.9 Å². The molecule has 1 aromatic rings. The Labute approximate surface area is 127 Å². The van der Waals surface area contributed by atoms with E-state index in [0.29, 0.717) is 4.47 Å². The molecule has 1 atom stereocenters. The summed E-state index contributed by atoms with van der Waals surface area (Å²) in [7, 11) is 0. The highest BCUT2D eigenvalue weighted by Gasteiger charge is 2.35. The van der Waals surface area contributed by atoms with Crippen molar-refractivity contribution >= 4 is 33.6 Å². The van der Waals surface area contributed by atoms with Gasteiger partial charge in [0.15, 0.2) is 0 Å². The van der Waals surface area contributed by atoms with Gasteiger partial charge in [0.2, 0.25) is 0 Å². The van der Waals surface area contributed by atoms with Crippen LogP contribution in [0.4, 0.5) is 13.2 Å². The Kier molecular flexibility index (Phi) is 5.01. The van der Waals surface area contributed by atoms with Crippen molar-refractivity contribution in [2.45, 2.75) is 25.1 Å². The van der Waals surface area contributed by atoms with E-state index < -0.39 is 17.6 Å². The van der Waals surface area contributed by atoms with Gasteiger partial charge in [0.05, 0.1) is 11.1 Å². The van der Waals surface area contributed by atoms with Crippen LogP contribution in [0.1, 0.15) is 28.8 Å². The number of halogens is 4. The molecule has 110 valence electrons. The summed E-state index contributed by atoms with van der Waals surface area (Å²) in [5, 5.41) is 2.69. The molecule has 1 aliphatic rings. The van der Waals surface area contributed by atoms with E-state index >= 15 is 0 Å². The zero-order valence-corrected chi connectivity index (χ0v) is 12.9. The number of hydrogen-bond acceptors (Lipinski definition) is 2. The third-order valence-electron chi connectivity index (χ3n) is 3.03. The first-order chi connectivity index (χ1) is 9.38. The minimum Gasteiger partial charge on any atom is -0.348 e. The van der Waals surface area contributed by atoms with Crippen LogP contribution in [0.5, 0.6) is 0 Å². The lowest BCUT2D eigenvalue weighted by Crippen LogP contribution is -2.39. The Balaban J connectivity index is 2.20. The fourth-order valence-corrected chi connectivity index (χ4v) is 3.50. The van der Waals surface area contributed by atoms with Crippen LogP contribution in [0.25, 0.3) is 0 Å². The van der Waals surface area contributed by atoms with Gasteiger partial charge in [-0.2, -0.15) is 24.9 Å². The van der Waals surface area contributed by atoms with Crippen LogP contribution >= 0.6 is 27.7 Å². The topological polar surface area (TPSA) is 29.1 Å². The second-order valence-electron chi connectivity index (χ2n) is 4.58. The van der Waals surface area contributed by atoms with Crippen LogP contribution in [0.3, 0.4) is 0 Å². The smallest absolute Gasteiger partial charge is 0.348 e. The molecule has 0 spiro atoms. The summed E-state index contributed by atoms with van der Waals surface area (Å²) in [5.41, 5.74) is -1.23. The van der Waals surface area contributed by atoms with E-state index in [0.717, 1.165) is 30.4 Å². The quantitative estimate of drug-likeness (QED) is 0.852. The molecule has 1 amide bonds. The van der Waals surface area contributed by atoms with Crippen molar-refractivity contribution in [3.63, 3.8) is 0 Å². The van der Waals surface area contributed by atoms with E-state index in [-0.39, 0.29) is 11.6 Å². The highest BCUT2D eigenvalue weighted by atomic mass is 79.9. The fourth-order valence-electron chi connectivity index (χ4n) is 2.07. The predicted molar refractivity (Wildman–Crippen MR) is 77.0 cm³/mol. The third kappa shape index (κ3) is 3.91. The summed E-state index contributed by atoms with van der Waals surface area (Å²) in [5.74, 6) is 1.14. The van der Waals surface area contributed by atoms with Crippen molar-refractivity contribution in [1.82, 2.24) is 5.32 Å². The molecule has 1 N–H and O–H groups in total. The highest BCUT2D eigenvalue weighted by molar-refractivity contribution is 9.10. The molecule has 1 heterocycles. The summed E-state index contributed by atoms with van der Waals surface area (Å²) in [6.45, 7) is 0. The lowest BCUT2D eigenvalue weighted by atomic mass is 10.1. The molecular formula is C13H13BrF3NOS. The standard InChI is InChI=1S/C13H13BrF3NOS/c14-8-3-4-10(11(6-8)13(15,16)17)12(19)18-9-2-1-5-20-7-9/h3-4,6,9H,1-2,5,7H2,(H,18,19). The van der Waals surface area contributed by atoms with Crippen LogP contribution in [-0.2, 0) is 6.18 Å². The van der Waals surface area contributed by atoms with Gasteiger partial charge in [-0.3, -0.25) is 4.79 Å². The van der Waals surface area contributed by atoms with Crippen LogP contribution in [0, 0.1) is 0 Å². The van der Waals surface area contributed by atoms with Gasteiger partial charge in [0, 0.05) is 16.3 Å². The van der Waals surface area contributed by atoms with Crippen molar-refractivity contribution in [3.8, 4) is 0 Å². The Hall–Kier alpha value is -0.690. The predicted octanol–water partition coefficient (Wildman–Crippen LogP) is 4.09. The largest absolute Gasteiger partial charge is 0.417 e. The molecule has 20 heavy (non-hydrogen) atoms. The second-order valence-corrected chi connectivity index (χ2v) is 6.64. The number of nitrogens with one attached hydrogen (secondary N) is 1. The lowest BCUT2D eigenvalue weighted by molar-refractivity contribution is -0.138. The molecule has 0 saturated carbocycles. The summed E-state index contributed by atoms with van der Waals surface area (Å²) in [4.78, 5) is 12.1. The first-order valence-electron chi connectivity index (χ1n) is 6.13. The minimum atomic E-state index is -4.54. The van der Waals surface area contributed by atoms with Gasteiger partial charge in [0.25, 0.3) is 5.91 Å². The van der Waals surface area contributed by atoms with Crippen LogP contribution in [-0.4, -0.2) is 23.5 Å². The van der Waals surface area contributed by atoms with Crippen LogP contribution < -0.4 is 5.32 Å². The van der Waals surface area contributed by atoms with Crippen molar-refractivity contribution in [3.05, 3.63) is 33.8 Å². The summed E-state index contributed by atoms with van der Waals surface area (Å²) >= 11 is 4.71. The van der Waals surface area contributed by atoms with Crippen molar-refractivity contribution in [1.29, 1.82) is 0 Å². The first kappa shape index (κ1) is 15.7. The monoisotopic (exact) mass is 367 g/mol. The summed E-state index contributed by atoms with van der Waals surface area (Å²) in [6.07, 6.45) is -2.75. The highest BCUT2D eigenvalue weighted by Crippen LogP contribution is 2.34. The molecule has 0 aromatic heterocycles. The molecule has 1 saturated heterocycles. The average molecular weight is 368 g/mol. The van der Waals surface area contributed by atoms with Crippen molar-refractivity contribution in [2.75, 3.05) is 11.5 Å². The lowest BCUT2D eigenvalue weighted by Gasteiger charge is -2.23. The van der Waals surface area contributed by atoms with Gasteiger partial charge >= 0.3 is 6.18 Å². The molecule has 2 nitrogen and oxygen atoms in total.